The van der Waals surface area contributed by atoms with E-state index in [-0.39, 0.29) is 20.1 Å². The zero-order chi connectivity index (χ0) is 17.8. The number of nitrogens with zero attached hydrogens (tertiary/aromatic N) is 2. The number of aromatic nitrogens is 2. The Labute approximate surface area is 172 Å². The van der Waals surface area contributed by atoms with Crippen LogP contribution in [0.4, 0.5) is 0 Å². The smallest absolute Gasteiger partial charge is 0.0610 e. The van der Waals surface area contributed by atoms with Crippen molar-refractivity contribution < 1.29 is 20.1 Å². The Kier molecular flexibility index (Phi) is 4.38. The van der Waals surface area contributed by atoms with Gasteiger partial charge in [0, 0.05) is 37.5 Å². The van der Waals surface area contributed by atoms with Crippen LogP contribution in [-0.4, -0.2) is 9.38 Å². The van der Waals surface area contributed by atoms with Crippen LogP contribution in [-0.2, 0) is 20.1 Å². The van der Waals surface area contributed by atoms with Crippen molar-refractivity contribution in [1.82, 2.24) is 9.38 Å². The van der Waals surface area contributed by atoms with Gasteiger partial charge < -0.3 is 4.40 Å². The molecule has 3 aromatic carbocycles. The van der Waals surface area contributed by atoms with Crippen LogP contribution >= 0.6 is 0 Å². The van der Waals surface area contributed by atoms with Gasteiger partial charge in [-0.3, -0.25) is 4.98 Å². The molecule has 0 saturated heterocycles. The first-order chi connectivity index (χ1) is 12.6. The van der Waals surface area contributed by atoms with Gasteiger partial charge in [-0.25, -0.2) is 0 Å². The molecular formula is C24H19IrN2-. The van der Waals surface area contributed by atoms with Gasteiger partial charge in [0.25, 0.3) is 0 Å². The molecule has 0 amide bonds. The normalized spacial score (nSPS) is 11.2. The minimum atomic E-state index is 0. The average Bonchev–Trinajstić information content (AvgIpc) is 3.04. The maximum atomic E-state index is 4.64. The van der Waals surface area contributed by atoms with Gasteiger partial charge in [0.05, 0.1) is 5.65 Å². The summed E-state index contributed by atoms with van der Waals surface area (Å²) in [4.78, 5) is 4.64. The van der Waals surface area contributed by atoms with E-state index in [0.29, 0.717) is 0 Å². The molecule has 0 fully saturated rings. The SMILES string of the molecule is Cc1cccc(C)c1-c1ccc2c(c1)c1ccc[c-]c1c1ncc(C)n21.[Ir]. The molecule has 1 radical (unpaired) electrons. The molecule has 2 nitrogen and oxygen atoms in total. The van der Waals surface area contributed by atoms with Crippen LogP contribution in [0, 0.1) is 26.8 Å². The molecule has 0 atom stereocenters. The van der Waals surface area contributed by atoms with Gasteiger partial charge in [0.1, 0.15) is 0 Å². The quantitative estimate of drug-likeness (QED) is 0.192. The van der Waals surface area contributed by atoms with Crippen LogP contribution in [0.1, 0.15) is 16.8 Å². The van der Waals surface area contributed by atoms with E-state index in [2.05, 4.69) is 84.8 Å². The molecule has 0 saturated carbocycles. The fourth-order valence-electron chi connectivity index (χ4n) is 4.14. The molecule has 27 heavy (non-hydrogen) atoms. The van der Waals surface area contributed by atoms with E-state index >= 15 is 0 Å². The molecule has 0 unspecified atom stereocenters. The zero-order valence-corrected chi connectivity index (χ0v) is 17.9. The van der Waals surface area contributed by atoms with Crippen molar-refractivity contribution in [2.45, 2.75) is 20.8 Å². The summed E-state index contributed by atoms with van der Waals surface area (Å²) in [7, 11) is 0. The largest absolute Gasteiger partial charge is 0.338 e. The molecule has 2 heterocycles. The molecule has 0 aliphatic rings. The average molecular weight is 528 g/mol. The predicted octanol–water partition coefficient (Wildman–Crippen LogP) is 6.03. The first kappa shape index (κ1) is 17.9. The van der Waals surface area contributed by atoms with Crippen molar-refractivity contribution in [3.8, 4) is 11.1 Å². The molecule has 5 aromatic rings. The van der Waals surface area contributed by atoms with E-state index in [1.807, 2.05) is 12.3 Å². The van der Waals surface area contributed by atoms with Gasteiger partial charge in [-0.05, 0) is 54.5 Å². The summed E-state index contributed by atoms with van der Waals surface area (Å²) in [5.41, 5.74) is 8.51. The Balaban J connectivity index is 0.00000180. The van der Waals surface area contributed by atoms with Gasteiger partial charge in [0.2, 0.25) is 0 Å². The molecule has 0 aliphatic carbocycles. The van der Waals surface area contributed by atoms with Crippen molar-refractivity contribution in [2.75, 3.05) is 0 Å². The molecule has 0 bridgehead atoms. The number of fused-ring (bicyclic) bond motifs is 6. The van der Waals surface area contributed by atoms with Gasteiger partial charge in [-0.15, -0.1) is 29.7 Å². The Hall–Kier alpha value is -2.48. The standard InChI is InChI=1S/C24H19N2.Ir/c1-15-7-6-8-16(2)23(15)18-11-12-22-21(13-18)19-9-4-5-10-20(19)24-25-14-17(3)26(22)24;/h4-9,11-14H,1-3H3;/q-1;. The maximum Gasteiger partial charge on any atom is 0.0610 e. The molecule has 135 valence electrons. The number of pyridine rings is 1. The van der Waals surface area contributed by atoms with Gasteiger partial charge >= 0.3 is 0 Å². The Morgan fingerprint density at radius 2 is 1.67 bits per heavy atom. The van der Waals surface area contributed by atoms with E-state index in [1.165, 1.54) is 38.5 Å². The second-order valence-electron chi connectivity index (χ2n) is 7.02. The molecule has 3 heteroatoms. The summed E-state index contributed by atoms with van der Waals surface area (Å²) >= 11 is 0. The molecular weight excluding hydrogens is 508 g/mol. The number of rotatable bonds is 1. The number of aryl methyl sites for hydroxylation is 3. The summed E-state index contributed by atoms with van der Waals surface area (Å²) in [6.45, 7) is 6.47. The number of imidazole rings is 1. The van der Waals surface area contributed by atoms with Crippen LogP contribution in [0.5, 0.6) is 0 Å². The summed E-state index contributed by atoms with van der Waals surface area (Å²) in [5, 5.41) is 3.52. The van der Waals surface area contributed by atoms with Gasteiger partial charge in [-0.1, -0.05) is 35.7 Å². The first-order valence-corrected chi connectivity index (χ1v) is 8.92. The molecule has 5 rings (SSSR count). The predicted molar refractivity (Wildman–Crippen MR) is 109 cm³/mol. The molecule has 0 N–H and O–H groups in total. The summed E-state index contributed by atoms with van der Waals surface area (Å²) < 4.78 is 2.24. The summed E-state index contributed by atoms with van der Waals surface area (Å²) in [5.74, 6) is 0. The van der Waals surface area contributed by atoms with Crippen LogP contribution in [0.25, 0.3) is 38.4 Å². The number of hydrogen-bond donors (Lipinski definition) is 0. The van der Waals surface area contributed by atoms with Crippen LogP contribution in [0.15, 0.2) is 60.8 Å². The maximum absolute atomic E-state index is 4.64. The van der Waals surface area contributed by atoms with Crippen molar-refractivity contribution in [2.24, 2.45) is 0 Å². The number of hydrogen-bond acceptors (Lipinski definition) is 1. The monoisotopic (exact) mass is 528 g/mol. The topological polar surface area (TPSA) is 17.3 Å². The Morgan fingerprint density at radius 1 is 0.889 bits per heavy atom. The number of benzene rings is 3. The van der Waals surface area contributed by atoms with E-state index in [0.717, 1.165) is 16.7 Å². The van der Waals surface area contributed by atoms with E-state index in [9.17, 15) is 0 Å². The summed E-state index contributed by atoms with van der Waals surface area (Å²) in [6.07, 6.45) is 1.94. The third-order valence-corrected chi connectivity index (χ3v) is 5.32. The minimum Gasteiger partial charge on any atom is -0.338 e. The third-order valence-electron chi connectivity index (χ3n) is 5.32. The van der Waals surface area contributed by atoms with Crippen molar-refractivity contribution in [1.29, 1.82) is 0 Å². The Morgan fingerprint density at radius 3 is 2.44 bits per heavy atom. The van der Waals surface area contributed by atoms with E-state index < -0.39 is 0 Å². The van der Waals surface area contributed by atoms with Crippen molar-refractivity contribution in [3.05, 3.63) is 83.7 Å². The molecule has 2 aromatic heterocycles. The van der Waals surface area contributed by atoms with Crippen molar-refractivity contribution in [3.63, 3.8) is 0 Å². The van der Waals surface area contributed by atoms with Crippen LogP contribution in [0.3, 0.4) is 0 Å². The van der Waals surface area contributed by atoms with E-state index in [4.69, 9.17) is 0 Å². The first-order valence-electron chi connectivity index (χ1n) is 8.92. The zero-order valence-electron chi connectivity index (χ0n) is 15.5. The van der Waals surface area contributed by atoms with E-state index in [1.54, 1.807) is 0 Å². The Bertz CT molecular complexity index is 1290. The molecule has 0 spiro atoms. The van der Waals surface area contributed by atoms with Gasteiger partial charge in [-0.2, -0.15) is 0 Å². The minimum absolute atomic E-state index is 0. The second-order valence-corrected chi connectivity index (χ2v) is 7.02. The fraction of sp³-hybridized carbons (Fsp3) is 0.125. The molecule has 0 aliphatic heterocycles. The second kappa shape index (κ2) is 6.60. The van der Waals surface area contributed by atoms with Crippen molar-refractivity contribution >= 4 is 27.3 Å². The third kappa shape index (κ3) is 2.62. The van der Waals surface area contributed by atoms with Crippen LogP contribution in [0.2, 0.25) is 0 Å². The summed E-state index contributed by atoms with van der Waals surface area (Å²) in [6, 6.07) is 22.9. The van der Waals surface area contributed by atoms with Gasteiger partial charge in [0.15, 0.2) is 0 Å². The van der Waals surface area contributed by atoms with Crippen LogP contribution < -0.4 is 0 Å². The fourth-order valence-corrected chi connectivity index (χ4v) is 4.14.